The lowest BCUT2D eigenvalue weighted by atomic mass is 10.1. The summed E-state index contributed by atoms with van der Waals surface area (Å²) in [4.78, 5) is 4.07. The van der Waals surface area contributed by atoms with Gasteiger partial charge in [0.25, 0.3) is 0 Å². The normalized spacial score (nSPS) is 12.3. The predicted octanol–water partition coefficient (Wildman–Crippen LogP) is 2.30. The molecule has 0 aliphatic heterocycles. The molecular weight excluding hydrogens is 212 g/mol. The molecule has 3 heteroatoms. The first-order chi connectivity index (χ1) is 8.40. The molecule has 0 aliphatic rings. The molecule has 1 atom stereocenters. The van der Waals surface area contributed by atoms with Gasteiger partial charge in [-0.2, -0.15) is 0 Å². The van der Waals surface area contributed by atoms with E-state index in [1.54, 1.807) is 12.4 Å². The van der Waals surface area contributed by atoms with Crippen LogP contribution in [0.5, 0.6) is 0 Å². The largest absolute Gasteiger partial charge is 0.367 e. The van der Waals surface area contributed by atoms with Gasteiger partial charge in [0.2, 0.25) is 0 Å². The van der Waals surface area contributed by atoms with Crippen molar-refractivity contribution in [3.05, 3.63) is 66.0 Å². The molecule has 1 heterocycles. The summed E-state index contributed by atoms with van der Waals surface area (Å²) in [6, 6.07) is 13.9. The zero-order valence-electron chi connectivity index (χ0n) is 9.62. The maximum absolute atomic E-state index is 5.80. The lowest BCUT2D eigenvalue weighted by molar-refractivity contribution is 0.0454. The van der Waals surface area contributed by atoms with Gasteiger partial charge >= 0.3 is 0 Å². The van der Waals surface area contributed by atoms with Crippen LogP contribution in [0.25, 0.3) is 0 Å². The lowest BCUT2D eigenvalue weighted by Crippen LogP contribution is -2.15. The molecule has 2 N–H and O–H groups in total. The van der Waals surface area contributed by atoms with Crippen molar-refractivity contribution < 1.29 is 4.74 Å². The standard InChI is InChI=1S/C14H16N2O/c15-9-14(13-7-4-8-16-10-13)17-11-12-5-2-1-3-6-12/h1-8,10,14H,9,11,15H2. The highest BCUT2D eigenvalue weighted by Crippen LogP contribution is 2.16. The van der Waals surface area contributed by atoms with Gasteiger partial charge in [-0.1, -0.05) is 36.4 Å². The Morgan fingerprint density at radius 1 is 1.12 bits per heavy atom. The maximum atomic E-state index is 5.80. The van der Waals surface area contributed by atoms with Crippen molar-refractivity contribution in [2.75, 3.05) is 6.54 Å². The first-order valence-corrected chi connectivity index (χ1v) is 5.65. The highest BCUT2D eigenvalue weighted by Gasteiger charge is 2.09. The molecule has 1 unspecified atom stereocenters. The Balaban J connectivity index is 1.97. The first-order valence-electron chi connectivity index (χ1n) is 5.65. The summed E-state index contributed by atoms with van der Waals surface area (Å²) in [5.74, 6) is 0. The van der Waals surface area contributed by atoms with Crippen molar-refractivity contribution in [1.29, 1.82) is 0 Å². The van der Waals surface area contributed by atoms with E-state index >= 15 is 0 Å². The van der Waals surface area contributed by atoms with E-state index in [-0.39, 0.29) is 6.10 Å². The summed E-state index contributed by atoms with van der Waals surface area (Å²) in [7, 11) is 0. The SMILES string of the molecule is NCC(OCc1ccccc1)c1cccnc1. The van der Waals surface area contributed by atoms with E-state index in [1.807, 2.05) is 42.5 Å². The van der Waals surface area contributed by atoms with E-state index in [0.29, 0.717) is 13.2 Å². The number of nitrogens with two attached hydrogens (primary N) is 1. The highest BCUT2D eigenvalue weighted by atomic mass is 16.5. The van der Waals surface area contributed by atoms with Crippen LogP contribution in [0.2, 0.25) is 0 Å². The molecule has 0 radical (unpaired) electrons. The third-order valence-corrected chi connectivity index (χ3v) is 2.56. The van der Waals surface area contributed by atoms with Crippen molar-refractivity contribution in [1.82, 2.24) is 4.98 Å². The summed E-state index contributed by atoms with van der Waals surface area (Å²) >= 11 is 0. The lowest BCUT2D eigenvalue weighted by Gasteiger charge is -2.15. The zero-order chi connectivity index (χ0) is 11.9. The minimum atomic E-state index is -0.0936. The molecule has 0 spiro atoms. The minimum absolute atomic E-state index is 0.0936. The Hall–Kier alpha value is -1.71. The van der Waals surface area contributed by atoms with Gasteiger partial charge in [-0.25, -0.2) is 0 Å². The van der Waals surface area contributed by atoms with Crippen LogP contribution in [-0.2, 0) is 11.3 Å². The monoisotopic (exact) mass is 228 g/mol. The second-order valence-electron chi connectivity index (χ2n) is 3.81. The summed E-state index contributed by atoms with van der Waals surface area (Å²) in [6.07, 6.45) is 3.44. The minimum Gasteiger partial charge on any atom is -0.367 e. The van der Waals surface area contributed by atoms with Crippen LogP contribution in [0.15, 0.2) is 54.9 Å². The van der Waals surface area contributed by atoms with E-state index in [0.717, 1.165) is 11.1 Å². The van der Waals surface area contributed by atoms with Crippen LogP contribution in [-0.4, -0.2) is 11.5 Å². The van der Waals surface area contributed by atoms with Crippen molar-refractivity contribution in [3.63, 3.8) is 0 Å². The average molecular weight is 228 g/mol. The Kier molecular flexibility index (Phi) is 4.24. The Morgan fingerprint density at radius 2 is 1.94 bits per heavy atom. The zero-order valence-corrected chi connectivity index (χ0v) is 9.62. The third kappa shape index (κ3) is 3.37. The molecule has 2 aromatic rings. The van der Waals surface area contributed by atoms with E-state index in [9.17, 15) is 0 Å². The van der Waals surface area contributed by atoms with Crippen LogP contribution in [0.1, 0.15) is 17.2 Å². The van der Waals surface area contributed by atoms with Gasteiger partial charge in [0.05, 0.1) is 12.7 Å². The van der Waals surface area contributed by atoms with E-state index < -0.39 is 0 Å². The van der Waals surface area contributed by atoms with Gasteiger partial charge in [-0.15, -0.1) is 0 Å². The molecule has 3 nitrogen and oxygen atoms in total. The fraction of sp³-hybridized carbons (Fsp3) is 0.214. The Labute approximate surface area is 101 Å². The van der Waals surface area contributed by atoms with Crippen molar-refractivity contribution >= 4 is 0 Å². The van der Waals surface area contributed by atoms with Crippen LogP contribution in [0.4, 0.5) is 0 Å². The van der Waals surface area contributed by atoms with Crippen molar-refractivity contribution in [3.8, 4) is 0 Å². The molecule has 0 bridgehead atoms. The van der Waals surface area contributed by atoms with Gasteiger partial charge < -0.3 is 10.5 Å². The molecule has 0 saturated heterocycles. The molecule has 0 fully saturated rings. The Morgan fingerprint density at radius 3 is 2.59 bits per heavy atom. The number of hydrogen-bond donors (Lipinski definition) is 1. The summed E-state index contributed by atoms with van der Waals surface area (Å²) in [5.41, 5.74) is 7.88. The molecule has 0 amide bonds. The fourth-order valence-corrected chi connectivity index (χ4v) is 1.64. The number of nitrogens with zero attached hydrogens (tertiary/aromatic N) is 1. The van der Waals surface area contributed by atoms with Crippen LogP contribution in [0, 0.1) is 0 Å². The molecule has 0 aliphatic carbocycles. The first kappa shape index (κ1) is 11.8. The van der Waals surface area contributed by atoms with Crippen LogP contribution >= 0.6 is 0 Å². The van der Waals surface area contributed by atoms with Gasteiger partial charge in [-0.05, 0) is 11.6 Å². The van der Waals surface area contributed by atoms with Crippen LogP contribution in [0.3, 0.4) is 0 Å². The number of pyridine rings is 1. The second kappa shape index (κ2) is 6.13. The fourth-order valence-electron chi connectivity index (χ4n) is 1.64. The summed E-state index contributed by atoms with van der Waals surface area (Å²) in [5, 5.41) is 0. The topological polar surface area (TPSA) is 48.1 Å². The summed E-state index contributed by atoms with van der Waals surface area (Å²) < 4.78 is 5.80. The van der Waals surface area contributed by atoms with Gasteiger partial charge in [0.1, 0.15) is 0 Å². The van der Waals surface area contributed by atoms with E-state index in [2.05, 4.69) is 4.98 Å². The number of ether oxygens (including phenoxy) is 1. The predicted molar refractivity (Wildman–Crippen MR) is 67.3 cm³/mol. The molecule has 88 valence electrons. The Bertz CT molecular complexity index is 430. The smallest absolute Gasteiger partial charge is 0.0966 e. The van der Waals surface area contributed by atoms with Crippen molar-refractivity contribution in [2.45, 2.75) is 12.7 Å². The van der Waals surface area contributed by atoms with Crippen molar-refractivity contribution in [2.24, 2.45) is 5.73 Å². The molecule has 1 aromatic carbocycles. The number of aromatic nitrogens is 1. The number of rotatable bonds is 5. The average Bonchev–Trinajstić information content (AvgIpc) is 2.42. The van der Waals surface area contributed by atoms with Crippen LogP contribution < -0.4 is 5.73 Å². The summed E-state index contributed by atoms with van der Waals surface area (Å²) in [6.45, 7) is 1.02. The number of benzene rings is 1. The van der Waals surface area contributed by atoms with Gasteiger partial charge in [0, 0.05) is 24.5 Å². The highest BCUT2D eigenvalue weighted by molar-refractivity contribution is 5.15. The van der Waals surface area contributed by atoms with Gasteiger partial charge in [-0.3, -0.25) is 4.98 Å². The molecular formula is C14H16N2O. The number of hydrogen-bond acceptors (Lipinski definition) is 3. The molecule has 1 aromatic heterocycles. The van der Waals surface area contributed by atoms with E-state index in [1.165, 1.54) is 0 Å². The third-order valence-electron chi connectivity index (χ3n) is 2.56. The van der Waals surface area contributed by atoms with E-state index in [4.69, 9.17) is 10.5 Å². The van der Waals surface area contributed by atoms with Gasteiger partial charge in [0.15, 0.2) is 0 Å². The second-order valence-corrected chi connectivity index (χ2v) is 3.81. The molecule has 17 heavy (non-hydrogen) atoms. The quantitative estimate of drug-likeness (QED) is 0.854. The molecule has 2 rings (SSSR count). The maximum Gasteiger partial charge on any atom is 0.0966 e. The molecule has 0 saturated carbocycles.